The van der Waals surface area contributed by atoms with E-state index in [1.165, 1.54) is 0 Å². The minimum Gasteiger partial charge on any atom is -0.394 e. The highest BCUT2D eigenvalue weighted by atomic mass is 16.5. The van der Waals surface area contributed by atoms with Crippen molar-refractivity contribution in [2.24, 2.45) is 0 Å². The third kappa shape index (κ3) is 7.76. The predicted octanol–water partition coefficient (Wildman–Crippen LogP) is 2.08. The number of nitrogens with one attached hydrogen (secondary N) is 1. The molecule has 7 heterocycles. The normalized spacial score (nSPS) is 22.0. The standard InChI is InChI=1S/C30H40N8O3/c1-35-11-4-12-36(2)29(40)21-37-13-14-38(26(20-37)22-41-16-15-39)19-23-5-3-6-25(17-23)33-30-31-10-9-27(34-30)24-7-8-28(35)32-18-24/h3,5-10,17-18,26,39H,4,11-16,19-22H2,1-2H3,(H,31,33,34). The number of anilines is 3. The summed E-state index contributed by atoms with van der Waals surface area (Å²) in [5.41, 5.74) is 3.78. The van der Waals surface area contributed by atoms with Crippen LogP contribution in [-0.4, -0.2) is 120 Å². The van der Waals surface area contributed by atoms with Crippen molar-refractivity contribution in [3.05, 3.63) is 60.4 Å². The molecule has 0 saturated carbocycles. The van der Waals surface area contributed by atoms with E-state index in [9.17, 15) is 9.90 Å². The van der Waals surface area contributed by atoms with Gasteiger partial charge >= 0.3 is 0 Å². The van der Waals surface area contributed by atoms with Crippen LogP contribution in [0.25, 0.3) is 11.3 Å². The molecule has 8 bridgehead atoms. The molecule has 0 radical (unpaired) electrons. The van der Waals surface area contributed by atoms with Crippen LogP contribution in [-0.2, 0) is 16.1 Å². The highest BCUT2D eigenvalue weighted by Crippen LogP contribution is 2.23. The minimum absolute atomic E-state index is 0.00736. The Hall–Kier alpha value is -3.64. The maximum absolute atomic E-state index is 13.1. The molecule has 1 fully saturated rings. The third-order valence-corrected chi connectivity index (χ3v) is 7.67. The summed E-state index contributed by atoms with van der Waals surface area (Å²) in [6, 6.07) is 14.3. The zero-order chi connectivity index (χ0) is 28.6. The number of nitrogens with zero attached hydrogens (tertiary/aromatic N) is 7. The molecule has 3 atom stereocenters. The van der Waals surface area contributed by atoms with Gasteiger partial charge in [0.2, 0.25) is 11.9 Å². The molecule has 0 spiro atoms. The second kappa shape index (κ2) is 13.8. The van der Waals surface area contributed by atoms with Crippen LogP contribution in [0.5, 0.6) is 0 Å². The van der Waals surface area contributed by atoms with Crippen LogP contribution in [0, 0.1) is 0 Å². The van der Waals surface area contributed by atoms with Gasteiger partial charge < -0.3 is 25.0 Å². The van der Waals surface area contributed by atoms with Crippen molar-refractivity contribution >= 4 is 23.4 Å². The van der Waals surface area contributed by atoms with E-state index in [-0.39, 0.29) is 18.6 Å². The van der Waals surface area contributed by atoms with E-state index >= 15 is 0 Å². The fourth-order valence-corrected chi connectivity index (χ4v) is 5.30. The number of hydrogen-bond donors (Lipinski definition) is 2. The summed E-state index contributed by atoms with van der Waals surface area (Å²) in [5.74, 6) is 1.52. The van der Waals surface area contributed by atoms with Gasteiger partial charge in [0.25, 0.3) is 0 Å². The number of aliphatic hydroxyl groups excluding tert-OH is 1. The molecule has 5 aliphatic heterocycles. The molecule has 41 heavy (non-hydrogen) atoms. The molecule has 1 saturated heterocycles. The number of carbonyl (C=O) groups excluding carboxylic acids is 1. The molecule has 218 valence electrons. The zero-order valence-electron chi connectivity index (χ0n) is 23.9. The first kappa shape index (κ1) is 28.9. The van der Waals surface area contributed by atoms with Gasteiger partial charge in [0.15, 0.2) is 0 Å². The Morgan fingerprint density at radius 3 is 2.73 bits per heavy atom. The van der Waals surface area contributed by atoms with E-state index in [4.69, 9.17) is 9.72 Å². The maximum atomic E-state index is 13.1. The maximum Gasteiger partial charge on any atom is 0.236 e. The van der Waals surface area contributed by atoms with Crippen molar-refractivity contribution in [1.29, 1.82) is 0 Å². The van der Waals surface area contributed by atoms with Crippen LogP contribution in [0.4, 0.5) is 17.5 Å². The molecule has 2 N–H and O–H groups in total. The smallest absolute Gasteiger partial charge is 0.236 e. The van der Waals surface area contributed by atoms with Crippen LogP contribution in [0.15, 0.2) is 54.9 Å². The minimum atomic E-state index is -0.00736. The largest absolute Gasteiger partial charge is 0.394 e. The third-order valence-electron chi connectivity index (χ3n) is 7.67. The van der Waals surface area contributed by atoms with Gasteiger partial charge in [0, 0.05) is 83.1 Å². The molecule has 2 aromatic heterocycles. The van der Waals surface area contributed by atoms with Crippen LogP contribution < -0.4 is 10.2 Å². The summed E-state index contributed by atoms with van der Waals surface area (Å²) in [6.07, 6.45) is 4.43. The van der Waals surface area contributed by atoms with Gasteiger partial charge in [-0.15, -0.1) is 0 Å². The Bertz CT molecular complexity index is 1290. The number of carbonyl (C=O) groups is 1. The Kier molecular flexibility index (Phi) is 9.73. The first-order valence-electron chi connectivity index (χ1n) is 14.2. The van der Waals surface area contributed by atoms with Gasteiger partial charge in [0.1, 0.15) is 5.82 Å². The van der Waals surface area contributed by atoms with E-state index in [1.807, 2.05) is 55.5 Å². The predicted molar refractivity (Wildman–Crippen MR) is 159 cm³/mol. The number of piperazine rings is 1. The number of aliphatic hydroxyl groups is 1. The quantitative estimate of drug-likeness (QED) is 0.460. The number of rotatable bonds is 4. The molecule has 11 nitrogen and oxygen atoms in total. The van der Waals surface area contributed by atoms with E-state index < -0.39 is 0 Å². The number of pyridine rings is 1. The summed E-state index contributed by atoms with van der Waals surface area (Å²) >= 11 is 0. The zero-order valence-corrected chi connectivity index (χ0v) is 23.9. The molecule has 1 amide bonds. The number of aromatic nitrogens is 3. The van der Waals surface area contributed by atoms with Crippen molar-refractivity contribution in [3.8, 4) is 11.3 Å². The fourth-order valence-electron chi connectivity index (χ4n) is 5.30. The molecule has 3 unspecified atom stereocenters. The van der Waals surface area contributed by atoms with Crippen molar-refractivity contribution in [2.45, 2.75) is 19.0 Å². The van der Waals surface area contributed by atoms with Crippen LogP contribution >= 0.6 is 0 Å². The number of amides is 1. The highest BCUT2D eigenvalue weighted by molar-refractivity contribution is 5.78. The van der Waals surface area contributed by atoms with Crippen LogP contribution in [0.2, 0.25) is 0 Å². The van der Waals surface area contributed by atoms with E-state index in [1.54, 1.807) is 6.20 Å². The summed E-state index contributed by atoms with van der Waals surface area (Å²) in [5, 5.41) is 12.6. The fraction of sp³-hybridized carbons (Fsp3) is 0.467. The van der Waals surface area contributed by atoms with Crippen LogP contribution in [0.3, 0.4) is 0 Å². The Morgan fingerprint density at radius 1 is 1.02 bits per heavy atom. The topological polar surface area (TPSA) is 110 Å². The SMILES string of the molecule is CN1CCCN(C)c2ccc(cn2)-c2ccnc(n2)Nc2cccc(c2)CN2CCN(CC1=O)CC2COCCO. The average molecular weight is 561 g/mol. The molecule has 11 heteroatoms. The summed E-state index contributed by atoms with van der Waals surface area (Å²) in [7, 11) is 3.90. The second-order valence-corrected chi connectivity index (χ2v) is 10.7. The monoisotopic (exact) mass is 560 g/mol. The molecule has 0 aliphatic carbocycles. The molecule has 5 aliphatic rings. The van der Waals surface area contributed by atoms with Gasteiger partial charge in [-0.25, -0.2) is 15.0 Å². The van der Waals surface area contributed by atoms with Gasteiger partial charge in [-0.1, -0.05) is 12.1 Å². The number of ether oxygens (including phenoxy) is 1. The van der Waals surface area contributed by atoms with Gasteiger partial charge in [-0.3, -0.25) is 14.6 Å². The summed E-state index contributed by atoms with van der Waals surface area (Å²) in [4.78, 5) is 35.5. The number of benzene rings is 1. The molecule has 1 aromatic carbocycles. The lowest BCUT2D eigenvalue weighted by molar-refractivity contribution is -0.132. The molecule has 8 rings (SSSR count). The summed E-state index contributed by atoms with van der Waals surface area (Å²) in [6.45, 7) is 5.75. The lowest BCUT2D eigenvalue weighted by Crippen LogP contribution is -2.56. The first-order valence-corrected chi connectivity index (χ1v) is 14.2. The first-order chi connectivity index (χ1) is 20.0. The van der Waals surface area contributed by atoms with Gasteiger partial charge in [0.05, 0.1) is 32.1 Å². The Labute approximate surface area is 241 Å². The van der Waals surface area contributed by atoms with Crippen molar-refractivity contribution in [3.63, 3.8) is 0 Å². The lowest BCUT2D eigenvalue weighted by atomic mass is 10.1. The van der Waals surface area contributed by atoms with E-state index in [0.717, 1.165) is 67.5 Å². The Morgan fingerprint density at radius 2 is 1.90 bits per heavy atom. The second-order valence-electron chi connectivity index (χ2n) is 10.7. The number of likely N-dealkylation sites (N-methyl/N-ethyl adjacent to an activating group) is 1. The van der Waals surface area contributed by atoms with Crippen molar-refractivity contribution < 1.29 is 14.6 Å². The van der Waals surface area contributed by atoms with E-state index in [0.29, 0.717) is 32.3 Å². The summed E-state index contributed by atoms with van der Waals surface area (Å²) < 4.78 is 5.76. The molecular formula is C30H40N8O3. The van der Waals surface area contributed by atoms with Crippen molar-refractivity contribution in [1.82, 2.24) is 29.7 Å². The molecule has 3 aromatic rings. The van der Waals surface area contributed by atoms with Crippen molar-refractivity contribution in [2.75, 3.05) is 83.4 Å². The number of hydrogen-bond acceptors (Lipinski definition) is 10. The Balaban J connectivity index is 1.40. The van der Waals surface area contributed by atoms with Gasteiger partial charge in [-0.2, -0.15) is 0 Å². The van der Waals surface area contributed by atoms with Gasteiger partial charge in [-0.05, 0) is 42.3 Å². The lowest BCUT2D eigenvalue weighted by Gasteiger charge is -2.41. The molecular weight excluding hydrogens is 520 g/mol. The van der Waals surface area contributed by atoms with E-state index in [2.05, 4.69) is 42.1 Å². The highest BCUT2D eigenvalue weighted by Gasteiger charge is 2.29. The van der Waals surface area contributed by atoms with Crippen LogP contribution in [0.1, 0.15) is 12.0 Å². The average Bonchev–Trinajstić information content (AvgIpc) is 2.98.